The number of rotatable bonds is 0. The number of nitrogens with zero attached hydrogens (tertiary/aromatic N) is 6. The van der Waals surface area contributed by atoms with Gasteiger partial charge >= 0.3 is 0 Å². The van der Waals surface area contributed by atoms with E-state index in [9.17, 15) is 0 Å². The number of aromatic nitrogens is 10. The van der Waals surface area contributed by atoms with Gasteiger partial charge in [-0.1, -0.05) is 109 Å². The molecule has 13 heterocycles. The summed E-state index contributed by atoms with van der Waals surface area (Å²) in [5, 5.41) is 22.2. The third kappa shape index (κ3) is 6.59. The zero-order valence-electron chi connectivity index (χ0n) is 44.7. The smallest absolute Gasteiger partial charge is 0.130 e. The molecule has 0 spiro atoms. The van der Waals surface area contributed by atoms with Crippen molar-refractivity contribution in [3.63, 3.8) is 0 Å². The molecule has 0 radical (unpaired) electrons. The maximum Gasteiger partial charge on any atom is 0.130 e. The van der Waals surface area contributed by atoms with E-state index >= 15 is 0 Å². The average Bonchev–Trinajstić information content (AvgIpc) is 1.80. The Kier molecular flexibility index (Phi) is 10.9. The molecule has 13 heteroatoms. The van der Waals surface area contributed by atoms with Crippen molar-refractivity contribution < 1.29 is 113 Å². The Morgan fingerprint density at radius 3 is 0.694 bits per heavy atom. The SMILES string of the molecule is [Ar].[Ar].[Ar].c1ccc2c(c1)[nH]c1cc3c(cc12)c1c2cc4c(cc2n2ccn3c12)[nH]c1ccccc14.c1ccc2c(c1)[nH]c1cc3c(cc12)c1c2ccccc2n2ccn3c12.c1ccc2c(c1)[nH]c1cc3c(cc12)c1c2ccccc2n2ccn3c12. The van der Waals surface area contributed by atoms with Crippen molar-refractivity contribution in [2.24, 2.45) is 0 Å². The second-order valence-electron chi connectivity index (χ2n) is 22.6. The van der Waals surface area contributed by atoms with Crippen LogP contribution in [0.4, 0.5) is 0 Å². The molecular formula is C72H42Ar3N10. The number of para-hydroxylation sites is 6. The number of fused-ring (bicyclic) bond motifs is 30. The van der Waals surface area contributed by atoms with E-state index in [2.05, 4.69) is 278 Å². The standard InChI is InChI=1S/C28H16N4.2C22H13N3.3Ar/c1-3-7-21-15(5-1)17-11-19-25(13-23(17)29-21)31-9-10-32-26-14-24-18(12-20(26)27(19)28(31)32)16-6-2-4-8-22(16)30-24;2*1-3-7-17-13(5-1)15-11-16-20(12-18(15)23-17)25-10-9-24-19-8-4-2-6-14(19)21(16)22(24)25;;;/h1-14,29-30H;2*1-12,23H;;;. The molecule has 404 valence electrons. The van der Waals surface area contributed by atoms with Crippen molar-refractivity contribution >= 4 is 186 Å². The first kappa shape index (κ1) is 50.7. The van der Waals surface area contributed by atoms with Crippen molar-refractivity contribution in [2.75, 3.05) is 0 Å². The van der Waals surface area contributed by atoms with Gasteiger partial charge in [-0.15, -0.1) is 0 Å². The van der Waals surface area contributed by atoms with E-state index in [0.717, 1.165) is 0 Å². The van der Waals surface area contributed by atoms with Crippen molar-refractivity contribution in [1.82, 2.24) is 46.3 Å². The monoisotopic (exact) mass is 1170 g/mol. The summed E-state index contributed by atoms with van der Waals surface area (Å²) in [4.78, 5) is 14.3. The van der Waals surface area contributed by atoms with Gasteiger partial charge < -0.3 is 46.3 Å². The third-order valence-corrected chi connectivity index (χ3v) is 18.6. The van der Waals surface area contributed by atoms with E-state index in [-0.39, 0.29) is 113 Å². The Morgan fingerprint density at radius 2 is 0.412 bits per heavy atom. The molecule has 0 aliphatic heterocycles. The van der Waals surface area contributed by atoms with Crippen LogP contribution in [0, 0.1) is 113 Å². The van der Waals surface area contributed by atoms with Crippen molar-refractivity contribution in [3.8, 4) is 0 Å². The maximum atomic E-state index is 3.60. The van der Waals surface area contributed by atoms with Gasteiger partial charge in [0.25, 0.3) is 0 Å². The van der Waals surface area contributed by atoms with E-state index in [1.165, 1.54) is 186 Å². The van der Waals surface area contributed by atoms with Crippen molar-refractivity contribution in [3.05, 3.63) is 231 Å². The Hall–Kier alpha value is -7.58. The minimum absolute atomic E-state index is 0. The van der Waals surface area contributed by atoms with Crippen molar-refractivity contribution in [2.45, 2.75) is 0 Å². The van der Waals surface area contributed by atoms with Gasteiger partial charge in [-0.05, 0) is 84.9 Å². The number of imidazole rings is 3. The molecule has 0 atom stereocenters. The van der Waals surface area contributed by atoms with Gasteiger partial charge in [0.05, 0.1) is 33.1 Å². The van der Waals surface area contributed by atoms with Crippen LogP contribution in [0.2, 0.25) is 0 Å². The molecule has 0 fully saturated rings. The summed E-state index contributed by atoms with van der Waals surface area (Å²) in [7, 11) is 0. The number of hydrogen-bond acceptors (Lipinski definition) is 0. The Morgan fingerprint density at radius 1 is 0.188 bits per heavy atom. The fourth-order valence-corrected chi connectivity index (χ4v) is 15.2. The zero-order chi connectivity index (χ0) is 52.8. The summed E-state index contributed by atoms with van der Waals surface area (Å²) in [6.07, 6.45) is 13.1. The molecule has 0 amide bonds. The van der Waals surface area contributed by atoms with E-state index in [1.54, 1.807) is 0 Å². The minimum Gasteiger partial charge on any atom is -0.354 e. The molecule has 10 aromatic carbocycles. The Balaban J connectivity index is 0.0000000960. The van der Waals surface area contributed by atoms with Gasteiger partial charge in [0, 0.05) is 286 Å². The van der Waals surface area contributed by atoms with Crippen LogP contribution in [-0.2, 0) is 0 Å². The van der Waals surface area contributed by atoms with Gasteiger partial charge in [0.1, 0.15) is 16.9 Å². The van der Waals surface area contributed by atoms with Gasteiger partial charge in [-0.25, -0.2) is 0 Å². The second-order valence-corrected chi connectivity index (χ2v) is 22.6. The van der Waals surface area contributed by atoms with Crippen LogP contribution in [0.25, 0.3) is 186 Å². The molecular weight excluding hydrogens is 1120 g/mol. The summed E-state index contributed by atoms with van der Waals surface area (Å²) in [5.74, 6) is 0. The molecule has 23 rings (SSSR count). The molecule has 0 aliphatic rings. The Labute approximate surface area is 569 Å². The van der Waals surface area contributed by atoms with Gasteiger partial charge in [-0.3, -0.25) is 0 Å². The summed E-state index contributed by atoms with van der Waals surface area (Å²) >= 11 is 0. The fourth-order valence-electron chi connectivity index (χ4n) is 15.2. The molecule has 10 nitrogen and oxygen atoms in total. The minimum atomic E-state index is 0. The Bertz CT molecular complexity index is 6260. The van der Waals surface area contributed by atoms with Gasteiger partial charge in [-0.2, -0.15) is 0 Å². The summed E-state index contributed by atoms with van der Waals surface area (Å²) in [6.45, 7) is 0. The quantitative estimate of drug-likeness (QED) is 0.117. The molecule has 4 N–H and O–H groups in total. The number of aromatic amines is 4. The van der Waals surface area contributed by atoms with Crippen molar-refractivity contribution in [1.29, 1.82) is 0 Å². The second kappa shape index (κ2) is 18.2. The predicted molar refractivity (Wildman–Crippen MR) is 341 cm³/mol. The first-order valence-electron chi connectivity index (χ1n) is 28.1. The molecule has 0 saturated heterocycles. The molecule has 0 bridgehead atoms. The van der Waals surface area contributed by atoms with Crippen LogP contribution in [0.3, 0.4) is 0 Å². The van der Waals surface area contributed by atoms with E-state index in [0.29, 0.717) is 0 Å². The van der Waals surface area contributed by atoms with Crippen LogP contribution < -0.4 is 0 Å². The summed E-state index contributed by atoms with van der Waals surface area (Å²) in [5.41, 5.74) is 20.9. The van der Waals surface area contributed by atoms with Crippen LogP contribution >= 0.6 is 0 Å². The molecule has 85 heavy (non-hydrogen) atoms. The van der Waals surface area contributed by atoms with Crippen LogP contribution in [0.5, 0.6) is 0 Å². The van der Waals surface area contributed by atoms with E-state index < -0.39 is 0 Å². The normalized spacial score (nSPS) is 12.4. The van der Waals surface area contributed by atoms with Crippen LogP contribution in [0.1, 0.15) is 0 Å². The molecule has 13 aromatic heterocycles. The van der Waals surface area contributed by atoms with Gasteiger partial charge in [0.2, 0.25) is 0 Å². The average molecular weight is 1170 g/mol. The number of H-pyrrole nitrogens is 4. The molecule has 0 saturated carbocycles. The third-order valence-electron chi connectivity index (χ3n) is 18.6. The molecule has 23 aromatic rings. The van der Waals surface area contributed by atoms with Crippen LogP contribution in [0.15, 0.2) is 231 Å². The molecule has 0 unspecified atom stereocenters. The van der Waals surface area contributed by atoms with Crippen LogP contribution in [-0.4, -0.2) is 46.3 Å². The first-order valence-corrected chi connectivity index (χ1v) is 28.1. The number of nitrogens with one attached hydrogen (secondary N) is 4. The van der Waals surface area contributed by atoms with Gasteiger partial charge in [0.15, 0.2) is 0 Å². The summed E-state index contributed by atoms with van der Waals surface area (Å²) in [6, 6.07) is 70.2. The fraction of sp³-hybridized carbons (Fsp3) is 0. The van der Waals surface area contributed by atoms with E-state index in [4.69, 9.17) is 0 Å². The largest absolute Gasteiger partial charge is 0.354 e. The van der Waals surface area contributed by atoms with E-state index in [1.807, 2.05) is 0 Å². The number of benzene rings is 10. The topological polar surface area (TPSA) is 89.6 Å². The summed E-state index contributed by atoms with van der Waals surface area (Å²) < 4.78 is 13.9. The first-order chi connectivity index (χ1) is 40.6. The number of hydrogen-bond donors (Lipinski definition) is 4. The maximum absolute atomic E-state index is 3.60. The zero-order valence-corrected chi connectivity index (χ0v) is 46.8. The molecule has 0 aliphatic carbocycles. The predicted octanol–water partition coefficient (Wildman–Crippen LogP) is 18.3.